The predicted octanol–water partition coefficient (Wildman–Crippen LogP) is 2.71. The van der Waals surface area contributed by atoms with Gasteiger partial charge in [0.05, 0.1) is 5.69 Å². The lowest BCUT2D eigenvalue weighted by Crippen LogP contribution is -2.16. The van der Waals surface area contributed by atoms with Crippen molar-refractivity contribution < 1.29 is 0 Å². The third kappa shape index (κ3) is 2.61. The molecule has 2 fully saturated rings. The van der Waals surface area contributed by atoms with Crippen LogP contribution >= 0.6 is 0 Å². The van der Waals surface area contributed by atoms with Gasteiger partial charge in [-0.05, 0) is 56.4 Å². The summed E-state index contributed by atoms with van der Waals surface area (Å²) in [5.74, 6) is 1.63. The van der Waals surface area contributed by atoms with E-state index in [4.69, 9.17) is 0 Å². The minimum absolute atomic E-state index is 0.692. The number of hydrogen-bond acceptors (Lipinski definition) is 3. The molecule has 104 valence electrons. The number of pyridine rings is 1. The summed E-state index contributed by atoms with van der Waals surface area (Å²) in [7, 11) is 0. The van der Waals surface area contributed by atoms with Crippen molar-refractivity contribution in [3.63, 3.8) is 0 Å². The van der Waals surface area contributed by atoms with E-state index in [0.29, 0.717) is 5.92 Å². The van der Waals surface area contributed by atoms with E-state index in [1.54, 1.807) is 0 Å². The lowest BCUT2D eigenvalue weighted by molar-refractivity contribution is 0.684. The maximum atomic E-state index is 4.67. The van der Waals surface area contributed by atoms with Gasteiger partial charge in [-0.25, -0.2) is 9.67 Å². The molecule has 0 aliphatic heterocycles. The second kappa shape index (κ2) is 4.70. The van der Waals surface area contributed by atoms with Gasteiger partial charge in [0.25, 0.3) is 0 Å². The minimum Gasteiger partial charge on any atom is -0.310 e. The summed E-state index contributed by atoms with van der Waals surface area (Å²) >= 11 is 0. The molecule has 0 amide bonds. The van der Waals surface area contributed by atoms with Gasteiger partial charge in [0.1, 0.15) is 0 Å². The largest absolute Gasteiger partial charge is 0.310 e. The molecule has 0 bridgehead atoms. The van der Waals surface area contributed by atoms with Gasteiger partial charge in [-0.15, -0.1) is 0 Å². The molecule has 0 atom stereocenters. The number of aryl methyl sites for hydroxylation is 1. The molecule has 0 aromatic carbocycles. The topological polar surface area (TPSA) is 42.7 Å². The molecule has 4 heteroatoms. The van der Waals surface area contributed by atoms with Crippen LogP contribution in [-0.4, -0.2) is 20.8 Å². The quantitative estimate of drug-likeness (QED) is 0.906. The van der Waals surface area contributed by atoms with Crippen LogP contribution in [0.5, 0.6) is 0 Å². The van der Waals surface area contributed by atoms with Crippen LogP contribution in [0, 0.1) is 6.92 Å². The average Bonchev–Trinajstić information content (AvgIpc) is 3.36. The lowest BCUT2D eigenvalue weighted by atomic mass is 10.2. The van der Waals surface area contributed by atoms with Gasteiger partial charge in [-0.3, -0.25) is 0 Å². The van der Waals surface area contributed by atoms with E-state index >= 15 is 0 Å². The molecule has 4 rings (SSSR count). The Bertz CT molecular complexity index is 623. The van der Waals surface area contributed by atoms with Crippen molar-refractivity contribution in [1.29, 1.82) is 0 Å². The Kier molecular flexibility index (Phi) is 2.84. The van der Waals surface area contributed by atoms with Crippen molar-refractivity contribution in [2.45, 2.75) is 51.1 Å². The van der Waals surface area contributed by atoms with Crippen LogP contribution < -0.4 is 5.32 Å². The number of rotatable bonds is 5. The average molecular weight is 268 g/mol. The zero-order valence-corrected chi connectivity index (χ0v) is 11.8. The highest BCUT2D eigenvalue weighted by Gasteiger charge is 2.26. The summed E-state index contributed by atoms with van der Waals surface area (Å²) in [6.07, 6.45) is 7.25. The first kappa shape index (κ1) is 12.1. The van der Waals surface area contributed by atoms with E-state index in [9.17, 15) is 0 Å². The molecule has 2 saturated carbocycles. The molecular formula is C16H20N4. The highest BCUT2D eigenvalue weighted by Crippen LogP contribution is 2.39. The molecule has 4 nitrogen and oxygen atoms in total. The number of aromatic nitrogens is 3. The molecule has 2 heterocycles. The molecule has 2 aromatic heterocycles. The van der Waals surface area contributed by atoms with Crippen LogP contribution in [0.15, 0.2) is 24.4 Å². The summed E-state index contributed by atoms with van der Waals surface area (Å²) in [6, 6.07) is 7.16. The van der Waals surface area contributed by atoms with Gasteiger partial charge in [0.15, 0.2) is 5.82 Å². The summed E-state index contributed by atoms with van der Waals surface area (Å²) < 4.78 is 1.92. The second-order valence-electron chi connectivity index (χ2n) is 6.09. The highest BCUT2D eigenvalue weighted by atomic mass is 15.3. The molecule has 0 radical (unpaired) electrons. The van der Waals surface area contributed by atoms with Gasteiger partial charge >= 0.3 is 0 Å². The molecule has 2 aromatic rings. The SMILES string of the molecule is Cc1cc(CNC2CC2)cc(-n2ccc(C3CC3)n2)n1. The molecular weight excluding hydrogens is 248 g/mol. The Morgan fingerprint density at radius 1 is 1.25 bits per heavy atom. The molecule has 1 N–H and O–H groups in total. The van der Waals surface area contributed by atoms with Gasteiger partial charge in [-0.2, -0.15) is 5.10 Å². The summed E-state index contributed by atoms with van der Waals surface area (Å²) in [4.78, 5) is 4.61. The van der Waals surface area contributed by atoms with E-state index in [1.165, 1.54) is 36.9 Å². The fraction of sp³-hybridized carbons (Fsp3) is 0.500. The fourth-order valence-corrected chi connectivity index (χ4v) is 2.55. The Labute approximate surface area is 119 Å². The van der Waals surface area contributed by atoms with Crippen LogP contribution in [0.2, 0.25) is 0 Å². The maximum Gasteiger partial charge on any atom is 0.153 e. The van der Waals surface area contributed by atoms with Crippen LogP contribution in [-0.2, 0) is 6.54 Å². The second-order valence-corrected chi connectivity index (χ2v) is 6.09. The summed E-state index contributed by atoms with van der Waals surface area (Å²) in [6.45, 7) is 2.98. The zero-order chi connectivity index (χ0) is 13.5. The van der Waals surface area contributed by atoms with E-state index in [-0.39, 0.29) is 0 Å². The molecule has 0 saturated heterocycles. The van der Waals surface area contributed by atoms with E-state index in [1.807, 2.05) is 10.9 Å². The first-order valence-electron chi connectivity index (χ1n) is 7.55. The van der Waals surface area contributed by atoms with Crippen molar-refractivity contribution in [3.05, 3.63) is 41.3 Å². The summed E-state index contributed by atoms with van der Waals surface area (Å²) in [5, 5.41) is 8.22. The van der Waals surface area contributed by atoms with Crippen molar-refractivity contribution >= 4 is 0 Å². The molecule has 2 aliphatic rings. The standard InChI is InChI=1S/C16H20N4/c1-11-8-12(10-17-14-4-5-14)9-16(18-11)20-7-6-15(19-20)13-2-3-13/h6-9,13-14,17H,2-5,10H2,1H3. The Morgan fingerprint density at radius 3 is 2.85 bits per heavy atom. The number of nitrogens with zero attached hydrogens (tertiary/aromatic N) is 3. The van der Waals surface area contributed by atoms with Crippen LogP contribution in [0.4, 0.5) is 0 Å². The third-order valence-electron chi connectivity index (χ3n) is 4.01. The van der Waals surface area contributed by atoms with Crippen LogP contribution in [0.25, 0.3) is 5.82 Å². The van der Waals surface area contributed by atoms with Gasteiger partial charge in [0.2, 0.25) is 0 Å². The lowest BCUT2D eigenvalue weighted by Gasteiger charge is -2.08. The normalized spacial score (nSPS) is 18.4. The number of hydrogen-bond donors (Lipinski definition) is 1. The summed E-state index contributed by atoms with van der Waals surface area (Å²) in [5.41, 5.74) is 3.56. The van der Waals surface area contributed by atoms with Gasteiger partial charge in [0, 0.05) is 30.4 Å². The highest BCUT2D eigenvalue weighted by molar-refractivity contribution is 5.31. The van der Waals surface area contributed by atoms with Gasteiger partial charge in [-0.1, -0.05) is 0 Å². The number of nitrogens with one attached hydrogen (secondary N) is 1. The predicted molar refractivity (Wildman–Crippen MR) is 77.9 cm³/mol. The van der Waals surface area contributed by atoms with Crippen molar-refractivity contribution in [2.24, 2.45) is 0 Å². The first-order chi connectivity index (χ1) is 9.78. The smallest absolute Gasteiger partial charge is 0.153 e. The van der Waals surface area contributed by atoms with E-state index < -0.39 is 0 Å². The van der Waals surface area contributed by atoms with E-state index in [0.717, 1.165) is 24.1 Å². The van der Waals surface area contributed by atoms with E-state index in [2.05, 4.69) is 40.5 Å². The molecule has 2 aliphatic carbocycles. The first-order valence-corrected chi connectivity index (χ1v) is 7.55. The van der Waals surface area contributed by atoms with Gasteiger partial charge < -0.3 is 5.32 Å². The Morgan fingerprint density at radius 2 is 2.10 bits per heavy atom. The Balaban J connectivity index is 1.58. The fourth-order valence-electron chi connectivity index (χ4n) is 2.55. The molecule has 20 heavy (non-hydrogen) atoms. The third-order valence-corrected chi connectivity index (χ3v) is 4.01. The van der Waals surface area contributed by atoms with Crippen molar-refractivity contribution in [2.75, 3.05) is 0 Å². The van der Waals surface area contributed by atoms with Crippen molar-refractivity contribution in [3.8, 4) is 5.82 Å². The van der Waals surface area contributed by atoms with Crippen LogP contribution in [0.3, 0.4) is 0 Å². The van der Waals surface area contributed by atoms with Crippen molar-refractivity contribution in [1.82, 2.24) is 20.1 Å². The monoisotopic (exact) mass is 268 g/mol. The van der Waals surface area contributed by atoms with Crippen LogP contribution in [0.1, 0.15) is 48.6 Å². The minimum atomic E-state index is 0.692. The Hall–Kier alpha value is -1.68. The molecule has 0 spiro atoms. The maximum absolute atomic E-state index is 4.67. The zero-order valence-electron chi connectivity index (χ0n) is 11.8. The molecule has 0 unspecified atom stereocenters.